The second-order valence-corrected chi connectivity index (χ2v) is 11.4. The fraction of sp³-hybridized carbons (Fsp3) is 0.500. The van der Waals surface area contributed by atoms with Gasteiger partial charge in [0.15, 0.2) is 6.20 Å². The van der Waals surface area contributed by atoms with Crippen LogP contribution in [0, 0.1) is 0 Å². The number of unbranched alkanes of at least 4 members (excludes halogenated alkanes) is 11. The minimum absolute atomic E-state index is 0.0888. The van der Waals surface area contributed by atoms with Crippen molar-refractivity contribution in [1.29, 1.82) is 0 Å². The van der Waals surface area contributed by atoms with Crippen LogP contribution in [0.1, 0.15) is 89.5 Å². The quantitative estimate of drug-likeness (QED) is 0.125. The average Bonchev–Trinajstić information content (AvgIpc) is 3.34. The molecular weight excluding hydrogens is 512 g/mol. The number of nitrogens with one attached hydrogen (secondary N) is 1. The van der Waals surface area contributed by atoms with Gasteiger partial charge in [0, 0.05) is 5.56 Å². The minimum atomic E-state index is -0.0888. The standard InChI is InChI=1S/C32H43ClN2O2S/c1-3-4-5-6-7-8-9-10-11-12-13-16-23-37-31-26(18-17-20-28(31)33)25-30(36)34-29-21-15-14-19-27(29)32-35(2)22-24-38-32/h14-15,17-22,24H,3-13,16,23,25H2,1-2H3/p+1. The molecule has 206 valence electrons. The van der Waals surface area contributed by atoms with Crippen molar-refractivity contribution in [1.82, 2.24) is 0 Å². The molecule has 0 radical (unpaired) electrons. The zero-order chi connectivity index (χ0) is 27.0. The Labute approximate surface area is 238 Å². The molecule has 0 saturated carbocycles. The van der Waals surface area contributed by atoms with Crippen LogP contribution < -0.4 is 14.6 Å². The maximum absolute atomic E-state index is 13.0. The number of ether oxygens (including phenoxy) is 1. The zero-order valence-electron chi connectivity index (χ0n) is 23.1. The van der Waals surface area contributed by atoms with Crippen LogP contribution in [0.2, 0.25) is 5.02 Å². The van der Waals surface area contributed by atoms with Crippen molar-refractivity contribution in [2.75, 3.05) is 11.9 Å². The lowest BCUT2D eigenvalue weighted by atomic mass is 10.1. The van der Waals surface area contributed by atoms with E-state index in [1.165, 1.54) is 64.2 Å². The van der Waals surface area contributed by atoms with Crippen LogP contribution in [0.25, 0.3) is 10.6 Å². The van der Waals surface area contributed by atoms with Gasteiger partial charge in [-0.2, -0.15) is 4.57 Å². The van der Waals surface area contributed by atoms with E-state index in [-0.39, 0.29) is 12.3 Å². The molecule has 1 aromatic heterocycles. The van der Waals surface area contributed by atoms with E-state index in [0.29, 0.717) is 17.4 Å². The van der Waals surface area contributed by atoms with Gasteiger partial charge in [0.05, 0.1) is 34.7 Å². The summed E-state index contributed by atoms with van der Waals surface area (Å²) in [7, 11) is 2.01. The van der Waals surface area contributed by atoms with Crippen molar-refractivity contribution < 1.29 is 14.1 Å². The summed E-state index contributed by atoms with van der Waals surface area (Å²) in [4.78, 5) is 13.0. The van der Waals surface area contributed by atoms with Crippen molar-refractivity contribution in [3.05, 3.63) is 64.6 Å². The third kappa shape index (κ3) is 10.1. The molecule has 0 aliphatic heterocycles. The maximum Gasteiger partial charge on any atom is 0.270 e. The van der Waals surface area contributed by atoms with Gasteiger partial charge < -0.3 is 10.1 Å². The van der Waals surface area contributed by atoms with E-state index in [4.69, 9.17) is 16.3 Å². The molecule has 2 aromatic carbocycles. The van der Waals surface area contributed by atoms with Gasteiger partial charge in [-0.1, -0.05) is 125 Å². The Bertz CT molecular complexity index is 1110. The second-order valence-electron chi connectivity index (χ2n) is 10.1. The smallest absolute Gasteiger partial charge is 0.270 e. The predicted octanol–water partition coefficient (Wildman–Crippen LogP) is 9.15. The summed E-state index contributed by atoms with van der Waals surface area (Å²) in [5.74, 6) is 0.541. The highest BCUT2D eigenvalue weighted by Gasteiger charge is 2.18. The van der Waals surface area contributed by atoms with Crippen LogP contribution >= 0.6 is 22.9 Å². The summed E-state index contributed by atoms with van der Waals surface area (Å²) in [6.07, 6.45) is 17.9. The number of para-hydroxylation sites is 2. The number of anilines is 1. The highest BCUT2D eigenvalue weighted by atomic mass is 35.5. The van der Waals surface area contributed by atoms with Gasteiger partial charge in [0.2, 0.25) is 5.91 Å². The number of thiazole rings is 1. The van der Waals surface area contributed by atoms with Crippen LogP contribution in [0.5, 0.6) is 5.75 Å². The van der Waals surface area contributed by atoms with Gasteiger partial charge in [-0.3, -0.25) is 4.79 Å². The van der Waals surface area contributed by atoms with E-state index in [9.17, 15) is 4.79 Å². The number of aryl methyl sites for hydroxylation is 1. The fourth-order valence-electron chi connectivity index (χ4n) is 4.71. The Morgan fingerprint density at radius 2 is 1.55 bits per heavy atom. The summed E-state index contributed by atoms with van der Waals surface area (Å²) >= 11 is 8.12. The van der Waals surface area contributed by atoms with Crippen LogP contribution in [-0.2, 0) is 18.3 Å². The monoisotopic (exact) mass is 555 g/mol. The maximum atomic E-state index is 13.0. The summed E-state index contributed by atoms with van der Waals surface area (Å²) in [5, 5.41) is 6.78. The Balaban J connectivity index is 1.41. The Morgan fingerprint density at radius 3 is 2.21 bits per heavy atom. The lowest BCUT2D eigenvalue weighted by Crippen LogP contribution is -2.27. The predicted molar refractivity (Wildman–Crippen MR) is 161 cm³/mol. The molecule has 0 spiro atoms. The number of aromatic nitrogens is 1. The molecular formula is C32H44ClN2O2S+. The van der Waals surface area contributed by atoms with Crippen LogP contribution in [-0.4, -0.2) is 12.5 Å². The first-order valence-electron chi connectivity index (χ1n) is 14.3. The molecule has 3 aromatic rings. The Hall–Kier alpha value is -2.37. The number of hydrogen-bond acceptors (Lipinski definition) is 3. The highest BCUT2D eigenvalue weighted by Crippen LogP contribution is 2.31. The molecule has 0 bridgehead atoms. The van der Waals surface area contributed by atoms with Crippen molar-refractivity contribution in [2.24, 2.45) is 7.05 Å². The van der Waals surface area contributed by atoms with Crippen molar-refractivity contribution in [3.8, 4) is 16.3 Å². The van der Waals surface area contributed by atoms with E-state index < -0.39 is 0 Å². The van der Waals surface area contributed by atoms with Gasteiger partial charge in [-0.25, -0.2) is 0 Å². The fourth-order valence-corrected chi connectivity index (χ4v) is 5.86. The third-order valence-corrected chi connectivity index (χ3v) is 8.15. The van der Waals surface area contributed by atoms with Gasteiger partial charge in [-0.15, -0.1) is 0 Å². The SMILES string of the molecule is CCCCCCCCCCCCCCOc1c(Cl)cccc1CC(=O)Nc1ccccc1-c1scc[n+]1C. The molecule has 1 N–H and O–H groups in total. The lowest BCUT2D eigenvalue weighted by molar-refractivity contribution is -0.655. The van der Waals surface area contributed by atoms with Crippen LogP contribution in [0.15, 0.2) is 54.0 Å². The molecule has 38 heavy (non-hydrogen) atoms. The van der Waals surface area contributed by atoms with Crippen LogP contribution in [0.4, 0.5) is 5.69 Å². The molecule has 0 unspecified atom stereocenters. The number of carbonyl (C=O) groups is 1. The summed E-state index contributed by atoms with van der Waals surface area (Å²) < 4.78 is 8.16. The zero-order valence-corrected chi connectivity index (χ0v) is 24.7. The number of hydrogen-bond donors (Lipinski definition) is 1. The number of halogens is 1. The van der Waals surface area contributed by atoms with Gasteiger partial charge in [-0.05, 0) is 24.6 Å². The third-order valence-electron chi connectivity index (χ3n) is 6.86. The molecule has 0 fully saturated rings. The summed E-state index contributed by atoms with van der Waals surface area (Å²) in [6.45, 7) is 2.89. The largest absolute Gasteiger partial charge is 0.492 e. The molecule has 0 atom stereocenters. The van der Waals surface area contributed by atoms with Gasteiger partial charge in [0.25, 0.3) is 5.01 Å². The number of rotatable bonds is 18. The average molecular weight is 556 g/mol. The first kappa shape index (κ1) is 30.2. The summed E-state index contributed by atoms with van der Waals surface area (Å²) in [5.41, 5.74) is 2.62. The lowest BCUT2D eigenvalue weighted by Gasteiger charge is -2.14. The van der Waals surface area contributed by atoms with E-state index >= 15 is 0 Å². The second kappa shape index (κ2) is 17.3. The van der Waals surface area contributed by atoms with E-state index in [1.807, 2.05) is 61.1 Å². The van der Waals surface area contributed by atoms with Crippen LogP contribution in [0.3, 0.4) is 0 Å². The molecule has 3 rings (SSSR count). The summed E-state index contributed by atoms with van der Waals surface area (Å²) in [6, 6.07) is 13.5. The molecule has 0 aliphatic rings. The molecule has 6 heteroatoms. The Morgan fingerprint density at radius 1 is 0.895 bits per heavy atom. The first-order valence-corrected chi connectivity index (χ1v) is 15.6. The normalized spacial score (nSPS) is 11.0. The molecule has 4 nitrogen and oxygen atoms in total. The van der Waals surface area contributed by atoms with Crippen molar-refractivity contribution >= 4 is 34.5 Å². The Kier molecular flexibility index (Phi) is 13.7. The van der Waals surface area contributed by atoms with Crippen molar-refractivity contribution in [2.45, 2.75) is 90.4 Å². The van der Waals surface area contributed by atoms with Gasteiger partial charge >= 0.3 is 0 Å². The van der Waals surface area contributed by atoms with Gasteiger partial charge in [0.1, 0.15) is 12.8 Å². The highest BCUT2D eigenvalue weighted by molar-refractivity contribution is 7.12. The first-order chi connectivity index (χ1) is 18.6. The number of nitrogens with zero attached hydrogens (tertiary/aromatic N) is 1. The number of benzene rings is 2. The molecule has 1 amide bonds. The molecule has 0 saturated heterocycles. The molecule has 1 heterocycles. The minimum Gasteiger partial charge on any atom is -0.492 e. The number of carbonyl (C=O) groups excluding carboxylic acids is 1. The topological polar surface area (TPSA) is 42.2 Å². The van der Waals surface area contributed by atoms with Crippen molar-refractivity contribution in [3.63, 3.8) is 0 Å². The van der Waals surface area contributed by atoms with E-state index in [1.54, 1.807) is 11.3 Å². The molecule has 0 aliphatic carbocycles. The number of amides is 1. The van der Waals surface area contributed by atoms with E-state index in [2.05, 4.69) is 16.8 Å². The van der Waals surface area contributed by atoms with E-state index in [0.717, 1.165) is 34.7 Å².